The number of carbonyl (C=O) groups excluding carboxylic acids is 1. The van der Waals surface area contributed by atoms with Gasteiger partial charge >= 0.3 is 0 Å². The van der Waals surface area contributed by atoms with Crippen molar-refractivity contribution in [2.75, 3.05) is 0 Å². The monoisotopic (exact) mass is 358 g/mol. The van der Waals surface area contributed by atoms with E-state index in [2.05, 4.69) is 15.4 Å². The van der Waals surface area contributed by atoms with Gasteiger partial charge < -0.3 is 10.1 Å². The van der Waals surface area contributed by atoms with E-state index in [0.29, 0.717) is 24.4 Å². The fourth-order valence-corrected chi connectivity index (χ4v) is 2.81. The Labute approximate surface area is 156 Å². The van der Waals surface area contributed by atoms with E-state index in [4.69, 9.17) is 4.74 Å². The Balaban J connectivity index is 1.44. The molecule has 0 spiro atoms. The van der Waals surface area contributed by atoms with E-state index >= 15 is 0 Å². The summed E-state index contributed by atoms with van der Waals surface area (Å²) in [5.74, 6) is 0.608. The Kier molecular flexibility index (Phi) is 4.78. The van der Waals surface area contributed by atoms with Gasteiger partial charge in [-0.2, -0.15) is 5.10 Å². The van der Waals surface area contributed by atoms with Gasteiger partial charge in [-0.3, -0.25) is 4.79 Å². The molecule has 0 bridgehead atoms. The van der Waals surface area contributed by atoms with Gasteiger partial charge in [-0.25, -0.2) is 9.50 Å². The summed E-state index contributed by atoms with van der Waals surface area (Å²) < 4.78 is 7.41. The van der Waals surface area contributed by atoms with Crippen LogP contribution in [0.3, 0.4) is 0 Å². The number of amides is 1. The molecule has 0 atom stereocenters. The van der Waals surface area contributed by atoms with Crippen LogP contribution < -0.4 is 10.1 Å². The van der Waals surface area contributed by atoms with Crippen LogP contribution in [-0.4, -0.2) is 20.5 Å². The Morgan fingerprint density at radius 1 is 1.00 bits per heavy atom. The number of fused-ring (bicyclic) bond motifs is 1. The first-order valence-electron chi connectivity index (χ1n) is 8.62. The van der Waals surface area contributed by atoms with Gasteiger partial charge in [-0.1, -0.05) is 42.5 Å². The number of aromatic nitrogens is 3. The van der Waals surface area contributed by atoms with Gasteiger partial charge in [0.15, 0.2) is 5.65 Å². The molecule has 0 unspecified atom stereocenters. The van der Waals surface area contributed by atoms with Crippen LogP contribution in [-0.2, 0) is 13.2 Å². The average Bonchev–Trinajstić information content (AvgIpc) is 3.16. The average molecular weight is 358 g/mol. The van der Waals surface area contributed by atoms with Gasteiger partial charge in [-0.05, 0) is 29.3 Å². The van der Waals surface area contributed by atoms with Crippen molar-refractivity contribution >= 4 is 11.6 Å². The van der Waals surface area contributed by atoms with Crippen LogP contribution in [0.25, 0.3) is 5.65 Å². The highest BCUT2D eigenvalue weighted by molar-refractivity contribution is 5.99. The summed E-state index contributed by atoms with van der Waals surface area (Å²) in [6.45, 7) is 0.839. The van der Waals surface area contributed by atoms with Gasteiger partial charge in [-0.15, -0.1) is 0 Å². The Morgan fingerprint density at radius 3 is 2.63 bits per heavy atom. The zero-order valence-corrected chi connectivity index (χ0v) is 14.6. The molecule has 2 aromatic heterocycles. The van der Waals surface area contributed by atoms with Crippen molar-refractivity contribution in [3.8, 4) is 5.75 Å². The number of ether oxygens (including phenoxy) is 1. The molecular formula is C21H18N4O2. The van der Waals surface area contributed by atoms with Gasteiger partial charge in [0.1, 0.15) is 17.9 Å². The van der Waals surface area contributed by atoms with Crippen LogP contribution >= 0.6 is 0 Å². The van der Waals surface area contributed by atoms with Crippen LogP contribution in [0.1, 0.15) is 21.5 Å². The molecule has 1 N–H and O–H groups in total. The normalized spacial score (nSPS) is 10.7. The summed E-state index contributed by atoms with van der Waals surface area (Å²) in [6, 6.07) is 19.3. The second-order valence-corrected chi connectivity index (χ2v) is 6.00. The molecule has 0 saturated carbocycles. The molecule has 0 saturated heterocycles. The lowest BCUT2D eigenvalue weighted by molar-refractivity contribution is 0.0952. The molecule has 2 heterocycles. The maximum atomic E-state index is 12.5. The molecule has 4 rings (SSSR count). The van der Waals surface area contributed by atoms with Gasteiger partial charge in [0.2, 0.25) is 0 Å². The number of benzene rings is 2. The molecule has 6 nitrogen and oxygen atoms in total. The Bertz CT molecular complexity index is 1060. The summed E-state index contributed by atoms with van der Waals surface area (Å²) in [5, 5.41) is 7.09. The largest absolute Gasteiger partial charge is 0.489 e. The fourth-order valence-electron chi connectivity index (χ4n) is 2.81. The van der Waals surface area contributed by atoms with E-state index in [1.54, 1.807) is 23.0 Å². The molecule has 0 aliphatic heterocycles. The SMILES string of the molecule is O=C(NCc1ccccc1COc1ccccc1)c1cnn2cccnc12. The van der Waals surface area contributed by atoms with Crippen LogP contribution in [0, 0.1) is 0 Å². The molecule has 134 valence electrons. The maximum Gasteiger partial charge on any atom is 0.257 e. The van der Waals surface area contributed by atoms with Crippen molar-refractivity contribution in [1.29, 1.82) is 0 Å². The minimum atomic E-state index is -0.206. The second-order valence-electron chi connectivity index (χ2n) is 6.00. The van der Waals surface area contributed by atoms with Crippen molar-refractivity contribution in [3.05, 3.63) is 95.9 Å². The van der Waals surface area contributed by atoms with Gasteiger partial charge in [0, 0.05) is 18.9 Å². The summed E-state index contributed by atoms with van der Waals surface area (Å²) >= 11 is 0. The quantitative estimate of drug-likeness (QED) is 0.574. The van der Waals surface area contributed by atoms with Crippen LogP contribution in [0.5, 0.6) is 5.75 Å². The summed E-state index contributed by atoms with van der Waals surface area (Å²) in [6.07, 6.45) is 4.93. The standard InChI is InChI=1S/C21H18N4O2/c26-21(19-14-24-25-12-6-11-22-20(19)25)23-13-16-7-4-5-8-17(16)15-27-18-9-2-1-3-10-18/h1-12,14H,13,15H2,(H,23,26). The third-order valence-corrected chi connectivity index (χ3v) is 4.22. The minimum absolute atomic E-state index is 0.206. The van der Waals surface area contributed by atoms with E-state index < -0.39 is 0 Å². The number of hydrogen-bond donors (Lipinski definition) is 1. The second kappa shape index (κ2) is 7.70. The van der Waals surface area contributed by atoms with Gasteiger partial charge in [0.25, 0.3) is 5.91 Å². The molecule has 0 aliphatic rings. The van der Waals surface area contributed by atoms with E-state index in [1.165, 1.54) is 6.20 Å². The highest BCUT2D eigenvalue weighted by Gasteiger charge is 2.14. The molecule has 0 aliphatic carbocycles. The summed E-state index contributed by atoms with van der Waals surface area (Å²) in [5.41, 5.74) is 3.02. The molecule has 1 amide bonds. The molecular weight excluding hydrogens is 340 g/mol. The van der Waals surface area contributed by atoms with Crippen LogP contribution in [0.2, 0.25) is 0 Å². The highest BCUT2D eigenvalue weighted by atomic mass is 16.5. The van der Waals surface area contributed by atoms with Gasteiger partial charge in [0.05, 0.1) is 6.20 Å². The van der Waals surface area contributed by atoms with Crippen molar-refractivity contribution in [3.63, 3.8) is 0 Å². The van der Waals surface area contributed by atoms with Crippen molar-refractivity contribution < 1.29 is 9.53 Å². The van der Waals surface area contributed by atoms with E-state index in [-0.39, 0.29) is 5.91 Å². The topological polar surface area (TPSA) is 68.5 Å². The number of nitrogens with one attached hydrogen (secondary N) is 1. The molecule has 0 radical (unpaired) electrons. The number of hydrogen-bond acceptors (Lipinski definition) is 4. The Hall–Kier alpha value is -3.67. The lowest BCUT2D eigenvalue weighted by atomic mass is 10.1. The van der Waals surface area contributed by atoms with E-state index in [1.807, 2.05) is 54.6 Å². The highest BCUT2D eigenvalue weighted by Crippen LogP contribution is 2.15. The molecule has 4 aromatic rings. The lowest BCUT2D eigenvalue weighted by Gasteiger charge is -2.12. The van der Waals surface area contributed by atoms with Crippen molar-refractivity contribution in [2.24, 2.45) is 0 Å². The number of nitrogens with zero attached hydrogens (tertiary/aromatic N) is 3. The van der Waals surface area contributed by atoms with Crippen molar-refractivity contribution in [2.45, 2.75) is 13.2 Å². The first-order valence-corrected chi connectivity index (χ1v) is 8.62. The summed E-state index contributed by atoms with van der Waals surface area (Å²) in [4.78, 5) is 16.8. The number of rotatable bonds is 6. The first kappa shape index (κ1) is 16.8. The lowest BCUT2D eigenvalue weighted by Crippen LogP contribution is -2.23. The fraction of sp³-hybridized carbons (Fsp3) is 0.0952. The first-order chi connectivity index (χ1) is 13.3. The number of carbonyl (C=O) groups is 1. The molecule has 0 fully saturated rings. The minimum Gasteiger partial charge on any atom is -0.489 e. The predicted octanol–water partition coefficient (Wildman–Crippen LogP) is 3.24. The zero-order valence-electron chi connectivity index (χ0n) is 14.6. The number of para-hydroxylation sites is 1. The van der Waals surface area contributed by atoms with Crippen LogP contribution in [0.15, 0.2) is 79.3 Å². The Morgan fingerprint density at radius 2 is 1.78 bits per heavy atom. The summed E-state index contributed by atoms with van der Waals surface area (Å²) in [7, 11) is 0. The maximum absolute atomic E-state index is 12.5. The third-order valence-electron chi connectivity index (χ3n) is 4.22. The van der Waals surface area contributed by atoms with E-state index in [9.17, 15) is 4.79 Å². The smallest absolute Gasteiger partial charge is 0.257 e. The van der Waals surface area contributed by atoms with Crippen LogP contribution in [0.4, 0.5) is 0 Å². The molecule has 6 heteroatoms. The predicted molar refractivity (Wildman–Crippen MR) is 101 cm³/mol. The molecule has 2 aromatic carbocycles. The van der Waals surface area contributed by atoms with E-state index in [0.717, 1.165) is 16.9 Å². The zero-order chi connectivity index (χ0) is 18.5. The third kappa shape index (κ3) is 3.79. The van der Waals surface area contributed by atoms with Crippen molar-refractivity contribution in [1.82, 2.24) is 19.9 Å². The molecule has 27 heavy (non-hydrogen) atoms.